The van der Waals surface area contributed by atoms with Crippen molar-refractivity contribution in [2.45, 2.75) is 23.5 Å². The molecule has 5 heteroatoms. The van der Waals surface area contributed by atoms with Crippen molar-refractivity contribution in [3.63, 3.8) is 0 Å². The van der Waals surface area contributed by atoms with Gasteiger partial charge in [-0.25, -0.2) is 4.79 Å². The Labute approximate surface area is 155 Å². The van der Waals surface area contributed by atoms with Gasteiger partial charge < -0.3 is 15.0 Å². The first-order valence-electron chi connectivity index (χ1n) is 8.19. The van der Waals surface area contributed by atoms with Crippen LogP contribution in [0.1, 0.15) is 27.9 Å². The predicted octanol–water partition coefficient (Wildman–Crippen LogP) is 4.75. The Kier molecular flexibility index (Phi) is 5.28. The number of carboxylic acid groups (broad SMARTS) is 2. The number of aromatic carboxylic acids is 2. The Morgan fingerprint density at radius 1 is 1.08 bits per heavy atom. The van der Waals surface area contributed by atoms with E-state index in [-0.39, 0.29) is 10.8 Å². The highest BCUT2D eigenvalue weighted by atomic mass is 32.2. The standard InChI is InChI=1S/C21H18O4S/c1-13-7-8-14(20(22)23)11-17(13)18-12-15(21(24)25)9-10-19(18)26-16-5-3-2-4-6-16/h2-5,7-12,16H,6H2,1H3,(H,22,23)(H,24,25)/p+1. The van der Waals surface area contributed by atoms with Crippen LogP contribution < -0.4 is 0 Å². The maximum absolute atomic E-state index is 11.4. The topological polar surface area (TPSA) is 78.9 Å². The number of benzene rings is 2. The van der Waals surface area contributed by atoms with Crippen LogP contribution in [0.5, 0.6) is 0 Å². The molecule has 0 amide bonds. The molecular formula is C21H19O4S+. The number of hydrogen-bond donors (Lipinski definition) is 2. The van der Waals surface area contributed by atoms with Crippen molar-refractivity contribution < 1.29 is 19.8 Å². The summed E-state index contributed by atoms with van der Waals surface area (Å²) in [4.78, 5) is 21.8. The van der Waals surface area contributed by atoms with Gasteiger partial charge in [-0.3, -0.25) is 0 Å². The summed E-state index contributed by atoms with van der Waals surface area (Å²) in [5, 5.41) is 19.1. The molecule has 1 aliphatic carbocycles. The van der Waals surface area contributed by atoms with Crippen molar-refractivity contribution in [3.8, 4) is 11.1 Å². The largest absolute Gasteiger partial charge is 0.515 e. The second-order valence-corrected chi connectivity index (χ2v) is 7.36. The molecule has 4 nitrogen and oxygen atoms in total. The van der Waals surface area contributed by atoms with Crippen LogP contribution >= 0.6 is 11.8 Å². The van der Waals surface area contributed by atoms with Crippen LogP contribution in [0.15, 0.2) is 65.6 Å². The van der Waals surface area contributed by atoms with Crippen LogP contribution in [0.25, 0.3) is 11.1 Å². The Morgan fingerprint density at radius 2 is 1.81 bits per heavy atom. The number of carbonyl (C=O) groups is 1. The fourth-order valence-electron chi connectivity index (χ4n) is 2.84. The molecule has 132 valence electrons. The molecular weight excluding hydrogens is 348 g/mol. The van der Waals surface area contributed by atoms with Gasteiger partial charge in [0.15, 0.2) is 0 Å². The fourth-order valence-corrected chi connectivity index (χ4v) is 3.98. The number of aryl methyl sites for hydroxylation is 1. The summed E-state index contributed by atoms with van der Waals surface area (Å²) < 4.78 is 0. The summed E-state index contributed by atoms with van der Waals surface area (Å²) in [5.41, 5.74) is 2.97. The first-order valence-corrected chi connectivity index (χ1v) is 9.07. The molecule has 1 aliphatic rings. The fraction of sp³-hybridized carbons (Fsp3) is 0.143. The lowest BCUT2D eigenvalue weighted by Gasteiger charge is -2.17. The number of allylic oxidation sites excluding steroid dienone is 3. The molecule has 0 spiro atoms. The van der Waals surface area contributed by atoms with E-state index in [0.717, 1.165) is 28.0 Å². The average molecular weight is 367 g/mol. The minimum atomic E-state index is -0.992. The van der Waals surface area contributed by atoms with Gasteiger partial charge in [-0.15, -0.1) is 11.8 Å². The SMILES string of the molecule is Cc1ccc(C(=O)O)cc1-c1cc(C(O)=[OH+])ccc1SC1C=CC=CC1. The zero-order valence-electron chi connectivity index (χ0n) is 14.2. The summed E-state index contributed by atoms with van der Waals surface area (Å²) in [7, 11) is 0. The molecule has 0 aromatic heterocycles. The van der Waals surface area contributed by atoms with Gasteiger partial charge in [-0.05, 0) is 60.4 Å². The molecule has 0 saturated heterocycles. The van der Waals surface area contributed by atoms with Gasteiger partial charge in [0.2, 0.25) is 0 Å². The maximum Gasteiger partial charge on any atom is 0.515 e. The van der Waals surface area contributed by atoms with Crippen molar-refractivity contribution >= 4 is 23.7 Å². The van der Waals surface area contributed by atoms with Crippen LogP contribution in [-0.4, -0.2) is 32.2 Å². The lowest BCUT2D eigenvalue weighted by Crippen LogP contribution is -2.03. The highest BCUT2D eigenvalue weighted by Gasteiger charge is 2.19. The zero-order valence-corrected chi connectivity index (χ0v) is 15.0. The van der Waals surface area contributed by atoms with Crippen molar-refractivity contribution in [2.24, 2.45) is 0 Å². The van der Waals surface area contributed by atoms with E-state index in [0.29, 0.717) is 5.56 Å². The third-order valence-electron chi connectivity index (χ3n) is 4.23. The first-order chi connectivity index (χ1) is 12.5. The Bertz CT molecular complexity index is 928. The third kappa shape index (κ3) is 3.89. The second kappa shape index (κ2) is 7.62. The second-order valence-electron chi connectivity index (χ2n) is 6.07. The van der Waals surface area contributed by atoms with Crippen LogP contribution in [0.3, 0.4) is 0 Å². The monoisotopic (exact) mass is 367 g/mol. The highest BCUT2D eigenvalue weighted by Crippen LogP contribution is 2.38. The van der Waals surface area contributed by atoms with Gasteiger partial charge in [0.05, 0.1) is 5.56 Å². The Morgan fingerprint density at radius 3 is 2.46 bits per heavy atom. The van der Waals surface area contributed by atoms with E-state index in [1.165, 1.54) is 0 Å². The van der Waals surface area contributed by atoms with E-state index in [1.807, 2.05) is 25.1 Å². The summed E-state index contributed by atoms with van der Waals surface area (Å²) >= 11 is 1.67. The van der Waals surface area contributed by atoms with Gasteiger partial charge in [-0.2, -0.15) is 0 Å². The first kappa shape index (κ1) is 18.0. The molecule has 0 radical (unpaired) electrons. The lowest BCUT2D eigenvalue weighted by atomic mass is 9.96. The van der Waals surface area contributed by atoms with E-state index in [9.17, 15) is 19.8 Å². The Balaban J connectivity index is 2.11. The molecule has 0 aliphatic heterocycles. The number of hydrogen-bond acceptors (Lipinski definition) is 2. The maximum atomic E-state index is 11.4. The quantitative estimate of drug-likeness (QED) is 0.748. The molecule has 0 heterocycles. The molecule has 0 saturated carbocycles. The molecule has 2 aromatic carbocycles. The smallest absolute Gasteiger partial charge is 0.478 e. The van der Waals surface area contributed by atoms with Gasteiger partial charge in [0.1, 0.15) is 5.56 Å². The van der Waals surface area contributed by atoms with E-state index >= 15 is 0 Å². The summed E-state index contributed by atoms with van der Waals surface area (Å²) in [5.74, 6) is -1.75. The van der Waals surface area contributed by atoms with Gasteiger partial charge in [0, 0.05) is 10.1 Å². The minimum Gasteiger partial charge on any atom is -0.478 e. The lowest BCUT2D eigenvalue weighted by molar-refractivity contribution is 0.0697. The molecule has 0 bridgehead atoms. The van der Waals surface area contributed by atoms with Crippen LogP contribution in [-0.2, 0) is 0 Å². The van der Waals surface area contributed by atoms with Crippen LogP contribution in [0.4, 0.5) is 0 Å². The van der Waals surface area contributed by atoms with E-state index in [1.54, 1.807) is 42.1 Å². The molecule has 2 aromatic rings. The van der Waals surface area contributed by atoms with E-state index < -0.39 is 11.9 Å². The molecule has 1 atom stereocenters. The summed E-state index contributed by atoms with van der Waals surface area (Å²) in [6.45, 7) is 1.91. The van der Waals surface area contributed by atoms with Crippen molar-refractivity contribution in [1.29, 1.82) is 0 Å². The Hall–Kier alpha value is -2.79. The summed E-state index contributed by atoms with van der Waals surface area (Å²) in [6, 6.07) is 10.2. The van der Waals surface area contributed by atoms with Gasteiger partial charge in [0.25, 0.3) is 0 Å². The van der Waals surface area contributed by atoms with Gasteiger partial charge in [-0.1, -0.05) is 30.4 Å². The van der Waals surface area contributed by atoms with Crippen molar-refractivity contribution in [2.75, 3.05) is 0 Å². The number of aliphatic hydroxyl groups excluding tert-OH is 1. The molecule has 0 fully saturated rings. The predicted molar refractivity (Wildman–Crippen MR) is 105 cm³/mol. The normalized spacial score (nSPS) is 15.8. The van der Waals surface area contributed by atoms with Gasteiger partial charge >= 0.3 is 11.9 Å². The minimum absolute atomic E-state index is 0.199. The average Bonchev–Trinajstić information content (AvgIpc) is 2.63. The van der Waals surface area contributed by atoms with Crippen LogP contribution in [0.2, 0.25) is 0 Å². The van der Waals surface area contributed by atoms with Crippen molar-refractivity contribution in [3.05, 3.63) is 77.4 Å². The van der Waals surface area contributed by atoms with Crippen LogP contribution in [0, 0.1) is 6.92 Å². The molecule has 26 heavy (non-hydrogen) atoms. The highest BCUT2D eigenvalue weighted by molar-refractivity contribution is 8.00. The van der Waals surface area contributed by atoms with E-state index in [4.69, 9.17) is 0 Å². The summed E-state index contributed by atoms with van der Waals surface area (Å²) in [6.07, 6.45) is 9.17. The van der Waals surface area contributed by atoms with E-state index in [2.05, 4.69) is 12.2 Å². The zero-order chi connectivity index (χ0) is 18.7. The molecule has 3 N–H and O–H groups in total. The molecule has 3 rings (SSSR count). The number of rotatable bonds is 5. The third-order valence-corrected chi connectivity index (χ3v) is 5.49. The number of thioether (sulfide) groups is 1. The molecule has 1 unspecified atom stereocenters. The number of carboxylic acids is 2. The van der Waals surface area contributed by atoms with Crippen molar-refractivity contribution in [1.82, 2.24) is 0 Å².